The van der Waals surface area contributed by atoms with Crippen LogP contribution in [0.1, 0.15) is 22.8 Å². The van der Waals surface area contributed by atoms with Crippen LogP contribution in [-0.4, -0.2) is 50.2 Å². The van der Waals surface area contributed by atoms with Gasteiger partial charge in [0.05, 0.1) is 18.8 Å². The second kappa shape index (κ2) is 8.26. The van der Waals surface area contributed by atoms with Crippen molar-refractivity contribution < 1.29 is 19.1 Å². The summed E-state index contributed by atoms with van der Waals surface area (Å²) < 4.78 is 9.88. The highest BCUT2D eigenvalue weighted by Crippen LogP contribution is 2.18. The lowest BCUT2D eigenvalue weighted by Gasteiger charge is -2.23. The number of anilines is 1. The second-order valence-electron chi connectivity index (χ2n) is 4.56. The lowest BCUT2D eigenvalue weighted by Crippen LogP contribution is -2.39. The summed E-state index contributed by atoms with van der Waals surface area (Å²) in [6.45, 7) is 4.31. The van der Waals surface area contributed by atoms with E-state index in [0.29, 0.717) is 24.4 Å². The molecule has 1 aromatic carbocycles. The van der Waals surface area contributed by atoms with Crippen LogP contribution in [0.5, 0.6) is 0 Å². The highest BCUT2D eigenvalue weighted by atomic mass is 16.5. The quantitative estimate of drug-likeness (QED) is 0.604. The highest BCUT2D eigenvalue weighted by Gasteiger charge is 2.22. The third-order valence-corrected chi connectivity index (χ3v) is 3.00. The number of rotatable bonds is 7. The Labute approximate surface area is 124 Å². The van der Waals surface area contributed by atoms with E-state index >= 15 is 0 Å². The number of aryl methyl sites for hydroxylation is 1. The van der Waals surface area contributed by atoms with E-state index in [1.807, 2.05) is 13.0 Å². The molecule has 0 unspecified atom stereocenters. The molecule has 116 valence electrons. The lowest BCUT2D eigenvalue weighted by atomic mass is 10.1. The maximum atomic E-state index is 12.6. The number of hydrogen-bond acceptors (Lipinski definition) is 5. The van der Waals surface area contributed by atoms with Gasteiger partial charge in [-0.3, -0.25) is 9.59 Å². The number of esters is 1. The number of nitrogens with two attached hydrogens (primary N) is 1. The van der Waals surface area contributed by atoms with Crippen molar-refractivity contribution in [2.75, 3.05) is 39.1 Å². The van der Waals surface area contributed by atoms with Crippen molar-refractivity contribution in [2.24, 2.45) is 0 Å². The number of nitrogen functional groups attached to an aromatic ring is 1. The van der Waals surface area contributed by atoms with E-state index in [2.05, 4.69) is 0 Å². The average molecular weight is 294 g/mol. The predicted molar refractivity (Wildman–Crippen MR) is 80.0 cm³/mol. The predicted octanol–water partition coefficient (Wildman–Crippen LogP) is 1.23. The van der Waals surface area contributed by atoms with Gasteiger partial charge in [-0.15, -0.1) is 0 Å². The Kier molecular flexibility index (Phi) is 6.68. The molecular formula is C15H22N2O4. The zero-order valence-electron chi connectivity index (χ0n) is 12.7. The first-order valence-corrected chi connectivity index (χ1v) is 6.80. The minimum Gasteiger partial charge on any atom is -0.465 e. The summed E-state index contributed by atoms with van der Waals surface area (Å²) in [5.74, 6) is -0.746. The zero-order valence-corrected chi connectivity index (χ0v) is 12.7. The average Bonchev–Trinajstić information content (AvgIpc) is 2.43. The molecule has 0 aliphatic carbocycles. The van der Waals surface area contributed by atoms with Gasteiger partial charge < -0.3 is 20.1 Å². The maximum absolute atomic E-state index is 12.6. The van der Waals surface area contributed by atoms with Crippen LogP contribution < -0.4 is 5.73 Å². The number of hydrogen-bond donors (Lipinski definition) is 1. The molecule has 0 bridgehead atoms. The molecule has 0 aliphatic heterocycles. The third-order valence-electron chi connectivity index (χ3n) is 3.00. The molecule has 21 heavy (non-hydrogen) atoms. The Hall–Kier alpha value is -2.08. The van der Waals surface area contributed by atoms with Crippen molar-refractivity contribution in [1.82, 2.24) is 4.90 Å². The van der Waals surface area contributed by atoms with E-state index < -0.39 is 5.97 Å². The number of carbonyl (C=O) groups is 2. The third kappa shape index (κ3) is 4.75. The van der Waals surface area contributed by atoms with Crippen molar-refractivity contribution >= 4 is 17.6 Å². The monoisotopic (exact) mass is 294 g/mol. The zero-order chi connectivity index (χ0) is 15.8. The molecule has 0 fully saturated rings. The highest BCUT2D eigenvalue weighted by molar-refractivity contribution is 6.01. The van der Waals surface area contributed by atoms with Crippen LogP contribution >= 0.6 is 0 Å². The standard InChI is InChI=1S/C15H22N2O4/c1-4-21-13(18)10-17(8-9-20-3)15(19)14-11(2)6-5-7-12(14)16/h5-7H,4,8-10,16H2,1-3H3. The molecule has 0 atom stereocenters. The fourth-order valence-corrected chi connectivity index (χ4v) is 1.96. The smallest absolute Gasteiger partial charge is 0.325 e. The molecule has 0 saturated carbocycles. The van der Waals surface area contributed by atoms with E-state index in [0.717, 1.165) is 5.56 Å². The fraction of sp³-hybridized carbons (Fsp3) is 0.467. The van der Waals surface area contributed by atoms with Gasteiger partial charge in [-0.2, -0.15) is 0 Å². The summed E-state index contributed by atoms with van der Waals surface area (Å²) >= 11 is 0. The number of benzene rings is 1. The van der Waals surface area contributed by atoms with Gasteiger partial charge in [-0.25, -0.2) is 0 Å². The normalized spacial score (nSPS) is 10.2. The first-order valence-electron chi connectivity index (χ1n) is 6.80. The van der Waals surface area contributed by atoms with Crippen molar-refractivity contribution in [3.05, 3.63) is 29.3 Å². The Balaban J connectivity index is 2.96. The van der Waals surface area contributed by atoms with Crippen LogP contribution in [0, 0.1) is 6.92 Å². The van der Waals surface area contributed by atoms with Gasteiger partial charge >= 0.3 is 5.97 Å². The van der Waals surface area contributed by atoms with Crippen LogP contribution in [0.25, 0.3) is 0 Å². The van der Waals surface area contributed by atoms with E-state index in [-0.39, 0.29) is 19.1 Å². The second-order valence-corrected chi connectivity index (χ2v) is 4.56. The number of methoxy groups -OCH3 is 1. The number of ether oxygens (including phenoxy) is 2. The molecule has 0 heterocycles. The SMILES string of the molecule is CCOC(=O)CN(CCOC)C(=O)c1c(C)cccc1N. The molecular weight excluding hydrogens is 272 g/mol. The molecule has 2 N–H and O–H groups in total. The molecule has 1 amide bonds. The maximum Gasteiger partial charge on any atom is 0.325 e. The van der Waals surface area contributed by atoms with Gasteiger partial charge in [0.1, 0.15) is 6.54 Å². The van der Waals surface area contributed by atoms with Crippen LogP contribution in [0.3, 0.4) is 0 Å². The minimum absolute atomic E-state index is 0.121. The van der Waals surface area contributed by atoms with E-state index in [1.165, 1.54) is 12.0 Å². The van der Waals surface area contributed by atoms with Gasteiger partial charge in [0.15, 0.2) is 0 Å². The van der Waals surface area contributed by atoms with Crippen LogP contribution in [0.4, 0.5) is 5.69 Å². The van der Waals surface area contributed by atoms with Crippen molar-refractivity contribution in [1.29, 1.82) is 0 Å². The Bertz CT molecular complexity index is 482. The molecule has 0 radical (unpaired) electrons. The summed E-state index contributed by atoms with van der Waals surface area (Å²) in [5, 5.41) is 0. The summed E-state index contributed by atoms with van der Waals surface area (Å²) in [5.41, 5.74) is 7.46. The molecule has 6 nitrogen and oxygen atoms in total. The summed E-state index contributed by atoms with van der Waals surface area (Å²) in [4.78, 5) is 25.6. The summed E-state index contributed by atoms with van der Waals surface area (Å²) in [6.07, 6.45) is 0. The van der Waals surface area contributed by atoms with Crippen LogP contribution in [0.2, 0.25) is 0 Å². The van der Waals surface area contributed by atoms with Crippen molar-refractivity contribution in [3.63, 3.8) is 0 Å². The van der Waals surface area contributed by atoms with Crippen LogP contribution in [-0.2, 0) is 14.3 Å². The molecule has 6 heteroatoms. The van der Waals surface area contributed by atoms with Gasteiger partial charge in [0.25, 0.3) is 5.91 Å². The Morgan fingerprint density at radius 1 is 1.33 bits per heavy atom. The first kappa shape index (κ1) is 17.0. The Morgan fingerprint density at radius 2 is 2.05 bits per heavy atom. The van der Waals surface area contributed by atoms with E-state index in [9.17, 15) is 9.59 Å². The molecule has 0 saturated heterocycles. The molecule has 1 rings (SSSR count). The minimum atomic E-state index is -0.450. The molecule has 1 aromatic rings. The molecule has 0 spiro atoms. The Morgan fingerprint density at radius 3 is 2.62 bits per heavy atom. The lowest BCUT2D eigenvalue weighted by molar-refractivity contribution is -0.143. The van der Waals surface area contributed by atoms with E-state index in [1.54, 1.807) is 19.1 Å². The fourth-order valence-electron chi connectivity index (χ4n) is 1.96. The van der Waals surface area contributed by atoms with Gasteiger partial charge in [-0.05, 0) is 25.5 Å². The van der Waals surface area contributed by atoms with Crippen molar-refractivity contribution in [3.8, 4) is 0 Å². The molecule has 0 aromatic heterocycles. The van der Waals surface area contributed by atoms with Gasteiger partial charge in [0, 0.05) is 19.3 Å². The van der Waals surface area contributed by atoms with Crippen LogP contribution in [0.15, 0.2) is 18.2 Å². The number of nitrogens with zero attached hydrogens (tertiary/aromatic N) is 1. The molecule has 0 aliphatic rings. The largest absolute Gasteiger partial charge is 0.465 e. The topological polar surface area (TPSA) is 81.9 Å². The van der Waals surface area contributed by atoms with E-state index in [4.69, 9.17) is 15.2 Å². The summed E-state index contributed by atoms with van der Waals surface area (Å²) in [6, 6.07) is 5.26. The van der Waals surface area contributed by atoms with Crippen molar-refractivity contribution in [2.45, 2.75) is 13.8 Å². The number of carbonyl (C=O) groups excluding carboxylic acids is 2. The first-order chi connectivity index (χ1) is 10.0. The summed E-state index contributed by atoms with van der Waals surface area (Å²) in [7, 11) is 1.54. The number of amides is 1. The van der Waals surface area contributed by atoms with Gasteiger partial charge in [-0.1, -0.05) is 12.1 Å². The van der Waals surface area contributed by atoms with Gasteiger partial charge in [0.2, 0.25) is 0 Å².